The van der Waals surface area contributed by atoms with Gasteiger partial charge >= 0.3 is 6.03 Å². The van der Waals surface area contributed by atoms with Crippen molar-refractivity contribution in [2.75, 3.05) is 28.5 Å². The molecule has 2 heterocycles. The van der Waals surface area contributed by atoms with E-state index in [0.717, 1.165) is 5.56 Å². The number of fused-ring (bicyclic) bond motifs is 1. The molecule has 0 aliphatic carbocycles. The molecule has 30 heavy (non-hydrogen) atoms. The minimum Gasteiger partial charge on any atom is -0.337 e. The summed E-state index contributed by atoms with van der Waals surface area (Å²) >= 11 is 0. The summed E-state index contributed by atoms with van der Waals surface area (Å²) in [5.74, 6) is -0.784. The Kier molecular flexibility index (Phi) is 5.40. The molecule has 2 aromatic carbocycles. The first kappa shape index (κ1) is 19.9. The smallest absolute Gasteiger partial charge is 0.319 e. The van der Waals surface area contributed by atoms with Gasteiger partial charge in [-0.1, -0.05) is 18.2 Å². The van der Waals surface area contributed by atoms with Crippen LogP contribution in [-0.2, 0) is 16.4 Å². The number of carbonyl (C=O) groups is 1. The van der Waals surface area contributed by atoms with Gasteiger partial charge in [0.2, 0.25) is 10.0 Å². The van der Waals surface area contributed by atoms with Crippen LogP contribution in [0.2, 0.25) is 0 Å². The highest BCUT2D eigenvalue weighted by molar-refractivity contribution is 7.92. The fourth-order valence-corrected chi connectivity index (χ4v) is 4.79. The Morgan fingerprint density at radius 2 is 1.97 bits per heavy atom. The van der Waals surface area contributed by atoms with E-state index in [1.807, 2.05) is 12.1 Å². The second-order valence-corrected chi connectivity index (χ2v) is 8.78. The number of aromatic nitrogens is 2. The van der Waals surface area contributed by atoms with Crippen LogP contribution in [0.4, 0.5) is 20.6 Å². The van der Waals surface area contributed by atoms with Crippen molar-refractivity contribution >= 4 is 27.4 Å². The summed E-state index contributed by atoms with van der Waals surface area (Å²) in [5.41, 5.74) is 2.18. The monoisotopic (exact) mass is 429 g/mol. The van der Waals surface area contributed by atoms with Gasteiger partial charge in [-0.3, -0.25) is 4.31 Å². The third-order valence-corrected chi connectivity index (χ3v) is 6.55. The average Bonchev–Trinajstić information content (AvgIpc) is 3.38. The van der Waals surface area contributed by atoms with Crippen molar-refractivity contribution in [1.82, 2.24) is 15.1 Å². The number of sulfonamides is 1. The van der Waals surface area contributed by atoms with E-state index in [1.54, 1.807) is 24.4 Å². The minimum atomic E-state index is -3.56. The molecule has 1 aromatic heterocycles. The molecule has 0 radical (unpaired) electrons. The van der Waals surface area contributed by atoms with Crippen LogP contribution >= 0.6 is 0 Å². The number of hydrogen-bond donors (Lipinski definition) is 2. The molecule has 1 aliphatic heterocycles. The minimum absolute atomic E-state index is 0.0688. The van der Waals surface area contributed by atoms with E-state index in [2.05, 4.69) is 15.7 Å². The van der Waals surface area contributed by atoms with Crippen LogP contribution in [0.3, 0.4) is 0 Å². The van der Waals surface area contributed by atoms with E-state index in [1.165, 1.54) is 33.4 Å². The first-order chi connectivity index (χ1) is 14.4. The van der Waals surface area contributed by atoms with Gasteiger partial charge in [0.25, 0.3) is 0 Å². The van der Waals surface area contributed by atoms with E-state index in [0.29, 0.717) is 18.7 Å². The number of urea groups is 1. The van der Waals surface area contributed by atoms with Gasteiger partial charge in [-0.25, -0.2) is 22.3 Å². The lowest BCUT2D eigenvalue weighted by atomic mass is 10.2. The Morgan fingerprint density at radius 3 is 2.73 bits per heavy atom. The molecule has 1 aliphatic rings. The van der Waals surface area contributed by atoms with E-state index >= 15 is 0 Å². The van der Waals surface area contributed by atoms with Crippen molar-refractivity contribution in [2.45, 2.75) is 6.42 Å². The van der Waals surface area contributed by atoms with Gasteiger partial charge in [0.05, 0.1) is 11.4 Å². The first-order valence-corrected chi connectivity index (χ1v) is 11.0. The Hall–Kier alpha value is -3.40. The third kappa shape index (κ3) is 4.13. The number of hydrogen-bond acceptors (Lipinski definition) is 4. The number of carbonyl (C=O) groups excluding carboxylic acids is 1. The summed E-state index contributed by atoms with van der Waals surface area (Å²) in [4.78, 5) is 12.1. The molecule has 0 spiro atoms. The van der Waals surface area contributed by atoms with Gasteiger partial charge in [0.15, 0.2) is 5.82 Å². The number of nitrogens with one attached hydrogen (secondary N) is 2. The maximum absolute atomic E-state index is 14.2. The summed E-state index contributed by atoms with van der Waals surface area (Å²) in [7, 11) is -3.56. The number of amides is 2. The van der Waals surface area contributed by atoms with Gasteiger partial charge in [0.1, 0.15) is 5.69 Å². The van der Waals surface area contributed by atoms with Crippen molar-refractivity contribution in [3.05, 3.63) is 72.3 Å². The number of para-hydroxylation sites is 1. The third-order valence-electron chi connectivity index (χ3n) is 4.78. The van der Waals surface area contributed by atoms with Crippen molar-refractivity contribution in [2.24, 2.45) is 0 Å². The zero-order valence-electron chi connectivity index (χ0n) is 16.0. The summed E-state index contributed by atoms with van der Waals surface area (Å²) < 4.78 is 42.3. The van der Waals surface area contributed by atoms with Crippen molar-refractivity contribution < 1.29 is 17.6 Å². The molecule has 2 amide bonds. The Labute approximate surface area is 173 Å². The predicted octanol–water partition coefficient (Wildman–Crippen LogP) is 2.53. The molecule has 2 N–H and O–H groups in total. The number of halogens is 1. The first-order valence-electron chi connectivity index (χ1n) is 9.37. The highest BCUT2D eigenvalue weighted by atomic mass is 32.2. The van der Waals surface area contributed by atoms with Crippen LogP contribution in [0.25, 0.3) is 5.69 Å². The molecule has 0 fully saturated rings. The molecular formula is C20H20FN5O3S. The maximum atomic E-state index is 14.2. The topological polar surface area (TPSA) is 96.3 Å². The standard InChI is InChI=1S/C20H20FN5O3S/c21-17-14-16(6-7-19(17)25-11-3-9-23-25)24-20(27)22-10-13-30(28,29)26-12-8-15-4-1-2-5-18(15)26/h1-7,9,11,14H,8,10,12-13H2,(H2,22,24,27). The molecule has 156 valence electrons. The average molecular weight is 429 g/mol. The summed E-state index contributed by atoms with van der Waals surface area (Å²) in [5, 5.41) is 8.96. The summed E-state index contributed by atoms with van der Waals surface area (Å²) in [6, 6.07) is 12.6. The summed E-state index contributed by atoms with van der Waals surface area (Å²) in [6.07, 6.45) is 3.81. The van der Waals surface area contributed by atoms with E-state index < -0.39 is 21.9 Å². The maximum Gasteiger partial charge on any atom is 0.319 e. The van der Waals surface area contributed by atoms with Crippen molar-refractivity contribution in [3.63, 3.8) is 0 Å². The second kappa shape index (κ2) is 8.15. The molecule has 0 saturated heterocycles. The van der Waals surface area contributed by atoms with Crippen LogP contribution in [0.1, 0.15) is 5.56 Å². The summed E-state index contributed by atoms with van der Waals surface area (Å²) in [6.45, 7) is 0.330. The quantitative estimate of drug-likeness (QED) is 0.629. The molecule has 4 rings (SSSR count). The van der Waals surface area contributed by atoms with Crippen LogP contribution < -0.4 is 14.9 Å². The molecule has 3 aromatic rings. The van der Waals surface area contributed by atoms with Crippen molar-refractivity contribution in [1.29, 1.82) is 0 Å². The zero-order valence-corrected chi connectivity index (χ0v) is 16.8. The SMILES string of the molecule is O=C(NCCS(=O)(=O)N1CCc2ccccc21)Nc1ccc(-n2cccn2)c(F)c1. The fourth-order valence-electron chi connectivity index (χ4n) is 3.36. The second-order valence-electron chi connectivity index (χ2n) is 6.76. The van der Waals surface area contributed by atoms with Crippen LogP contribution in [0.5, 0.6) is 0 Å². The highest BCUT2D eigenvalue weighted by Crippen LogP contribution is 2.29. The fraction of sp³-hybridized carbons (Fsp3) is 0.200. The van der Waals surface area contributed by atoms with Gasteiger partial charge in [-0.05, 0) is 42.3 Å². The predicted molar refractivity (Wildman–Crippen MR) is 112 cm³/mol. The van der Waals surface area contributed by atoms with E-state index in [4.69, 9.17) is 0 Å². The van der Waals surface area contributed by atoms with E-state index in [-0.39, 0.29) is 23.7 Å². The molecule has 0 atom stereocenters. The number of anilines is 2. The lowest BCUT2D eigenvalue weighted by Gasteiger charge is -2.19. The van der Waals surface area contributed by atoms with Crippen LogP contribution in [0, 0.1) is 5.82 Å². The molecule has 8 nitrogen and oxygen atoms in total. The number of rotatable bonds is 6. The lowest BCUT2D eigenvalue weighted by Crippen LogP contribution is -2.38. The normalized spacial score (nSPS) is 13.2. The highest BCUT2D eigenvalue weighted by Gasteiger charge is 2.28. The number of nitrogens with zero attached hydrogens (tertiary/aromatic N) is 3. The zero-order chi connectivity index (χ0) is 21.1. The Bertz CT molecular complexity index is 1160. The van der Waals surface area contributed by atoms with Crippen LogP contribution in [-0.4, -0.2) is 43.1 Å². The van der Waals surface area contributed by atoms with Gasteiger partial charge in [-0.15, -0.1) is 0 Å². The van der Waals surface area contributed by atoms with Gasteiger partial charge in [-0.2, -0.15) is 5.10 Å². The lowest BCUT2D eigenvalue weighted by molar-refractivity contribution is 0.252. The van der Waals surface area contributed by atoms with E-state index in [9.17, 15) is 17.6 Å². The largest absolute Gasteiger partial charge is 0.337 e. The number of benzene rings is 2. The molecule has 0 bridgehead atoms. The van der Waals surface area contributed by atoms with Gasteiger partial charge < -0.3 is 10.6 Å². The Morgan fingerprint density at radius 1 is 1.13 bits per heavy atom. The molecular weight excluding hydrogens is 409 g/mol. The molecule has 0 unspecified atom stereocenters. The van der Waals surface area contributed by atoms with Gasteiger partial charge in [0, 0.05) is 31.2 Å². The Balaban J connectivity index is 1.32. The molecule has 0 saturated carbocycles. The van der Waals surface area contributed by atoms with Crippen LogP contribution in [0.15, 0.2) is 60.9 Å². The molecule has 10 heteroatoms. The van der Waals surface area contributed by atoms with Crippen molar-refractivity contribution in [3.8, 4) is 5.69 Å².